The second-order valence-electron chi connectivity index (χ2n) is 7.83. The first-order chi connectivity index (χ1) is 12.6. The number of halogens is 1. The Kier molecular flexibility index (Phi) is 16.7. The molecule has 0 amide bonds. The molecule has 1 unspecified atom stereocenters. The first kappa shape index (κ1) is 26.9. The quantitative estimate of drug-likeness (QED) is 0.167. The molecule has 1 fully saturated rings. The third kappa shape index (κ3) is 12.9. The average Bonchev–Trinajstić information content (AvgIpc) is 2.61. The van der Waals surface area contributed by atoms with Gasteiger partial charge in [-0.1, -0.05) is 13.8 Å². The van der Waals surface area contributed by atoms with Gasteiger partial charge in [0.15, 0.2) is 5.96 Å². The zero-order chi connectivity index (χ0) is 19.2. The third-order valence-corrected chi connectivity index (χ3v) is 4.95. The van der Waals surface area contributed by atoms with Crippen LogP contribution in [0.3, 0.4) is 0 Å². The van der Waals surface area contributed by atoms with Crippen molar-refractivity contribution in [2.45, 2.75) is 58.9 Å². The predicted octanol–water partition coefficient (Wildman–Crippen LogP) is 2.71. The van der Waals surface area contributed by atoms with Gasteiger partial charge in [0.05, 0.1) is 0 Å². The number of methoxy groups -OCH3 is 1. The topological polar surface area (TPSA) is 69.1 Å². The van der Waals surface area contributed by atoms with Crippen molar-refractivity contribution in [3.63, 3.8) is 0 Å². The minimum absolute atomic E-state index is 0. The fourth-order valence-electron chi connectivity index (χ4n) is 3.60. The van der Waals surface area contributed by atoms with Gasteiger partial charge in [0.2, 0.25) is 0 Å². The zero-order valence-electron chi connectivity index (χ0n) is 17.9. The normalized spacial score (nSPS) is 17.6. The third-order valence-electron chi connectivity index (χ3n) is 4.95. The Hall–Kier alpha value is -0.120. The molecule has 1 rings (SSSR count). The van der Waals surface area contributed by atoms with Gasteiger partial charge >= 0.3 is 0 Å². The van der Waals surface area contributed by atoms with Gasteiger partial charge < -0.3 is 25.4 Å². The Balaban J connectivity index is 0.00000676. The van der Waals surface area contributed by atoms with E-state index in [4.69, 9.17) is 9.73 Å². The van der Waals surface area contributed by atoms with Crippen LogP contribution < -0.4 is 10.6 Å². The van der Waals surface area contributed by atoms with Gasteiger partial charge in [-0.25, -0.2) is 0 Å². The minimum atomic E-state index is 0. The van der Waals surface area contributed by atoms with Crippen molar-refractivity contribution in [3.05, 3.63) is 0 Å². The number of ether oxygens (including phenoxy) is 1. The largest absolute Gasteiger partial charge is 0.396 e. The van der Waals surface area contributed by atoms with E-state index < -0.39 is 0 Å². The highest BCUT2D eigenvalue weighted by Gasteiger charge is 2.20. The summed E-state index contributed by atoms with van der Waals surface area (Å²) in [7, 11) is 1.77. The average molecular weight is 498 g/mol. The maximum atomic E-state index is 9.29. The van der Waals surface area contributed by atoms with Gasteiger partial charge in [0.25, 0.3) is 0 Å². The number of nitrogens with one attached hydrogen (secondary N) is 2. The molecule has 0 aromatic carbocycles. The van der Waals surface area contributed by atoms with Crippen molar-refractivity contribution in [2.75, 3.05) is 53.0 Å². The molecular formula is C20H43IN4O2. The number of rotatable bonds is 12. The van der Waals surface area contributed by atoms with E-state index in [0.29, 0.717) is 17.9 Å². The monoisotopic (exact) mass is 498 g/mol. The number of hydrogen-bond donors (Lipinski definition) is 3. The molecule has 1 heterocycles. The van der Waals surface area contributed by atoms with Crippen molar-refractivity contribution in [2.24, 2.45) is 16.8 Å². The molecule has 0 aromatic rings. The first-order valence-corrected chi connectivity index (χ1v) is 10.5. The lowest BCUT2D eigenvalue weighted by Crippen LogP contribution is -2.49. The molecular weight excluding hydrogens is 455 g/mol. The van der Waals surface area contributed by atoms with E-state index in [0.717, 1.165) is 77.4 Å². The molecule has 162 valence electrons. The van der Waals surface area contributed by atoms with Crippen LogP contribution >= 0.6 is 24.0 Å². The number of likely N-dealkylation sites (tertiary alicyclic amines) is 1. The van der Waals surface area contributed by atoms with E-state index in [2.05, 4.69) is 36.3 Å². The second-order valence-corrected chi connectivity index (χ2v) is 7.83. The van der Waals surface area contributed by atoms with Crippen LogP contribution in [0.5, 0.6) is 0 Å². The smallest absolute Gasteiger partial charge is 0.191 e. The number of piperidine rings is 1. The van der Waals surface area contributed by atoms with Crippen molar-refractivity contribution in [1.29, 1.82) is 0 Å². The van der Waals surface area contributed by atoms with Crippen LogP contribution in [0, 0.1) is 11.8 Å². The highest BCUT2D eigenvalue weighted by Crippen LogP contribution is 2.16. The van der Waals surface area contributed by atoms with E-state index in [9.17, 15) is 5.11 Å². The lowest BCUT2D eigenvalue weighted by molar-refractivity contribution is 0.155. The fraction of sp³-hybridized carbons (Fsp3) is 0.950. The van der Waals surface area contributed by atoms with Crippen LogP contribution in [0.25, 0.3) is 0 Å². The molecule has 1 atom stereocenters. The van der Waals surface area contributed by atoms with Crippen LogP contribution in [0.2, 0.25) is 0 Å². The SMILES string of the molecule is CCNC(=NCC(CCO)CC(C)C)NC1CCN(CCCOC)CC1.I. The van der Waals surface area contributed by atoms with Crippen molar-refractivity contribution < 1.29 is 9.84 Å². The summed E-state index contributed by atoms with van der Waals surface area (Å²) in [6, 6.07) is 0.493. The fourth-order valence-corrected chi connectivity index (χ4v) is 3.60. The summed E-state index contributed by atoms with van der Waals surface area (Å²) >= 11 is 0. The summed E-state index contributed by atoms with van der Waals surface area (Å²) in [6.07, 6.45) is 5.37. The van der Waals surface area contributed by atoms with Gasteiger partial charge in [0.1, 0.15) is 0 Å². The van der Waals surface area contributed by atoms with Gasteiger partial charge in [-0.3, -0.25) is 4.99 Å². The van der Waals surface area contributed by atoms with Crippen LogP contribution in [0.4, 0.5) is 0 Å². The lowest BCUT2D eigenvalue weighted by Gasteiger charge is -2.33. The number of guanidine groups is 1. The van der Waals surface area contributed by atoms with Crippen LogP contribution in [-0.4, -0.2) is 75.1 Å². The number of aliphatic hydroxyl groups is 1. The molecule has 0 spiro atoms. The number of nitrogens with zero attached hydrogens (tertiary/aromatic N) is 2. The van der Waals surface area contributed by atoms with E-state index in [1.54, 1.807) is 7.11 Å². The Morgan fingerprint density at radius 2 is 2.00 bits per heavy atom. The summed E-state index contributed by atoms with van der Waals surface area (Å²) < 4.78 is 5.14. The molecule has 0 saturated carbocycles. The molecule has 0 bridgehead atoms. The molecule has 0 aliphatic carbocycles. The van der Waals surface area contributed by atoms with Gasteiger partial charge in [-0.2, -0.15) is 0 Å². The Morgan fingerprint density at radius 1 is 1.30 bits per heavy atom. The number of aliphatic imine (C=N–C) groups is 1. The van der Waals surface area contributed by atoms with E-state index in [1.807, 2.05) is 0 Å². The summed E-state index contributed by atoms with van der Waals surface area (Å²) in [6.45, 7) is 12.7. The molecule has 1 aliphatic rings. The molecule has 6 nitrogen and oxygen atoms in total. The maximum Gasteiger partial charge on any atom is 0.191 e. The van der Waals surface area contributed by atoms with E-state index >= 15 is 0 Å². The lowest BCUT2D eigenvalue weighted by atomic mass is 9.94. The molecule has 27 heavy (non-hydrogen) atoms. The maximum absolute atomic E-state index is 9.29. The van der Waals surface area contributed by atoms with Crippen molar-refractivity contribution in [3.8, 4) is 0 Å². The summed E-state index contributed by atoms with van der Waals surface area (Å²) in [4.78, 5) is 7.34. The van der Waals surface area contributed by atoms with Crippen molar-refractivity contribution >= 4 is 29.9 Å². The Morgan fingerprint density at radius 3 is 2.56 bits per heavy atom. The molecule has 0 aromatic heterocycles. The standard InChI is InChI=1S/C20H42N4O2.HI/c1-5-21-20(22-16-18(9-13-25)15-17(2)3)23-19-7-11-24(12-8-19)10-6-14-26-4;/h17-19,25H,5-16H2,1-4H3,(H2,21,22,23);1H. The van der Waals surface area contributed by atoms with Gasteiger partial charge in [0, 0.05) is 59.1 Å². The highest BCUT2D eigenvalue weighted by atomic mass is 127. The van der Waals surface area contributed by atoms with E-state index in [-0.39, 0.29) is 30.6 Å². The number of aliphatic hydroxyl groups excluding tert-OH is 1. The summed E-state index contributed by atoms with van der Waals surface area (Å²) in [5, 5.41) is 16.3. The van der Waals surface area contributed by atoms with E-state index in [1.165, 1.54) is 0 Å². The molecule has 1 aliphatic heterocycles. The Bertz CT molecular complexity index is 375. The summed E-state index contributed by atoms with van der Waals surface area (Å²) in [5.41, 5.74) is 0. The van der Waals surface area contributed by atoms with Crippen LogP contribution in [0.15, 0.2) is 4.99 Å². The second kappa shape index (κ2) is 16.8. The first-order valence-electron chi connectivity index (χ1n) is 10.5. The molecule has 3 N–H and O–H groups in total. The zero-order valence-corrected chi connectivity index (χ0v) is 20.2. The summed E-state index contributed by atoms with van der Waals surface area (Å²) in [5.74, 6) is 2.02. The Labute approximate surface area is 183 Å². The highest BCUT2D eigenvalue weighted by molar-refractivity contribution is 14.0. The minimum Gasteiger partial charge on any atom is -0.396 e. The van der Waals surface area contributed by atoms with Crippen LogP contribution in [0.1, 0.15) is 52.9 Å². The van der Waals surface area contributed by atoms with Gasteiger partial charge in [-0.15, -0.1) is 24.0 Å². The molecule has 7 heteroatoms. The predicted molar refractivity (Wildman–Crippen MR) is 125 cm³/mol. The molecule has 1 saturated heterocycles. The molecule has 0 radical (unpaired) electrons. The number of hydrogen-bond acceptors (Lipinski definition) is 4. The van der Waals surface area contributed by atoms with Crippen molar-refractivity contribution in [1.82, 2.24) is 15.5 Å². The van der Waals surface area contributed by atoms with Gasteiger partial charge in [-0.05, 0) is 50.9 Å². The van der Waals surface area contributed by atoms with Crippen LogP contribution in [-0.2, 0) is 4.74 Å².